The van der Waals surface area contributed by atoms with E-state index in [0.717, 1.165) is 25.7 Å². The van der Waals surface area contributed by atoms with E-state index in [9.17, 15) is 28.2 Å². The third kappa shape index (κ3) is 7.67. The van der Waals surface area contributed by atoms with Crippen LogP contribution in [0.2, 0.25) is 0 Å². The summed E-state index contributed by atoms with van der Waals surface area (Å²) in [7, 11) is -3.75. The van der Waals surface area contributed by atoms with Crippen molar-refractivity contribution in [1.82, 2.24) is 4.72 Å². The molecule has 10 heteroatoms. The van der Waals surface area contributed by atoms with Crippen LogP contribution < -0.4 is 74.0 Å². The molecule has 7 nitrogen and oxygen atoms in total. The van der Waals surface area contributed by atoms with Crippen molar-refractivity contribution in [1.29, 1.82) is 0 Å². The van der Waals surface area contributed by atoms with E-state index in [1.54, 1.807) is 0 Å². The van der Waals surface area contributed by atoms with Crippen molar-refractivity contribution in [3.05, 3.63) is 42.0 Å². The summed E-state index contributed by atoms with van der Waals surface area (Å²) < 4.78 is 28.5. The Balaban J connectivity index is 0.00000240. The van der Waals surface area contributed by atoms with Crippen LogP contribution in [0.3, 0.4) is 0 Å². The Morgan fingerprint density at radius 3 is 2.29 bits per heavy atom. The molecule has 2 aliphatic rings. The minimum absolute atomic E-state index is 0. The molecule has 0 heterocycles. The van der Waals surface area contributed by atoms with Crippen molar-refractivity contribution in [3.63, 3.8) is 0 Å². The third-order valence-corrected chi connectivity index (χ3v) is 7.58. The molecule has 0 spiro atoms. The van der Waals surface area contributed by atoms with Crippen LogP contribution in [0, 0.1) is 17.8 Å². The number of nitrogens with one attached hydrogen (secondary N) is 1. The topological polar surface area (TPSA) is 126 Å². The molecule has 0 aliphatic heterocycles. The van der Waals surface area contributed by atoms with Gasteiger partial charge >= 0.3 is 59.1 Å². The molecule has 2 aliphatic carbocycles. The second kappa shape index (κ2) is 12.9. The van der Waals surface area contributed by atoms with E-state index in [0.29, 0.717) is 24.7 Å². The maximum absolute atomic E-state index is 12.8. The average Bonchev–Trinajstić information content (AvgIpc) is 3.26. The number of carboxylic acid groups (broad SMARTS) is 2. The quantitative estimate of drug-likeness (QED) is 0.209. The number of carbonyl (C=O) groups is 2. The van der Waals surface area contributed by atoms with Gasteiger partial charge < -0.3 is 19.8 Å². The number of rotatable bonds is 10. The Morgan fingerprint density at radius 2 is 1.68 bits per heavy atom. The molecule has 0 saturated heterocycles. The predicted molar refractivity (Wildman–Crippen MR) is 102 cm³/mol. The SMILES string of the molecule is O=C([O-])CCC/C=C\C[C@H]1[C@@H]2CCC(C2)[C@@H]1NS(=O)(=O)c1ccc(C(=O)[O-])cc1.[Na+].[Na+]. The van der Waals surface area contributed by atoms with Crippen LogP contribution in [-0.4, -0.2) is 26.4 Å². The van der Waals surface area contributed by atoms with Crippen LogP contribution in [-0.2, 0) is 14.8 Å². The van der Waals surface area contributed by atoms with Crippen LogP contribution in [0.25, 0.3) is 0 Å². The second-order valence-corrected chi connectivity index (χ2v) is 9.64. The second-order valence-electron chi connectivity index (χ2n) is 7.93. The largest absolute Gasteiger partial charge is 1.00 e. The minimum atomic E-state index is -3.75. The molecule has 1 unspecified atom stereocenters. The number of hydrogen-bond donors (Lipinski definition) is 1. The predicted octanol–water partition coefficient (Wildman–Crippen LogP) is -5.38. The fourth-order valence-corrected chi connectivity index (χ4v) is 6.04. The van der Waals surface area contributed by atoms with E-state index in [1.807, 2.05) is 12.2 Å². The van der Waals surface area contributed by atoms with E-state index in [4.69, 9.17) is 0 Å². The summed E-state index contributed by atoms with van der Waals surface area (Å²) in [5, 5.41) is 21.3. The summed E-state index contributed by atoms with van der Waals surface area (Å²) >= 11 is 0. The molecule has 0 aromatic heterocycles. The van der Waals surface area contributed by atoms with Crippen molar-refractivity contribution in [2.24, 2.45) is 17.8 Å². The number of aliphatic carboxylic acids is 1. The monoisotopic (exact) mass is 465 g/mol. The van der Waals surface area contributed by atoms with Crippen molar-refractivity contribution in [3.8, 4) is 0 Å². The number of sulfonamides is 1. The molecule has 3 rings (SSSR count). The number of aromatic carboxylic acids is 1. The van der Waals surface area contributed by atoms with Gasteiger partial charge in [0.25, 0.3) is 0 Å². The average molecular weight is 465 g/mol. The molecule has 2 bridgehead atoms. The van der Waals surface area contributed by atoms with Gasteiger partial charge in [0, 0.05) is 12.0 Å². The summed E-state index contributed by atoms with van der Waals surface area (Å²) in [5.74, 6) is -1.38. The fourth-order valence-electron chi connectivity index (χ4n) is 4.69. The maximum atomic E-state index is 12.8. The zero-order chi connectivity index (χ0) is 21.0. The molecule has 1 N–H and O–H groups in total. The molecule has 0 radical (unpaired) electrons. The fraction of sp³-hybridized carbons (Fsp3) is 0.524. The zero-order valence-electron chi connectivity index (χ0n) is 18.1. The van der Waals surface area contributed by atoms with Crippen molar-refractivity contribution < 1.29 is 87.3 Å². The smallest absolute Gasteiger partial charge is 0.550 e. The number of hydrogen-bond acceptors (Lipinski definition) is 6. The number of fused-ring (bicyclic) bond motifs is 2. The van der Waals surface area contributed by atoms with Gasteiger partial charge in [-0.3, -0.25) is 0 Å². The van der Waals surface area contributed by atoms with Gasteiger partial charge in [-0.25, -0.2) is 13.1 Å². The van der Waals surface area contributed by atoms with Crippen LogP contribution >= 0.6 is 0 Å². The molecule has 2 saturated carbocycles. The van der Waals surface area contributed by atoms with Gasteiger partial charge in [-0.05, 0) is 80.4 Å². The minimum Gasteiger partial charge on any atom is -0.550 e. The van der Waals surface area contributed by atoms with Gasteiger partial charge in [-0.2, -0.15) is 0 Å². The van der Waals surface area contributed by atoms with Gasteiger partial charge in [-0.15, -0.1) is 0 Å². The standard InChI is InChI=1S/C21H27NO6S.2Na/c23-19(24)6-4-2-1-3-5-18-15-7-8-16(13-15)20(18)22-29(27,28)17-11-9-14(10-12-17)21(25)26;;/h1,3,9-12,15-16,18,20,22H,2,4-8,13H2,(H,23,24)(H,25,26);;/q;2*+1/p-2/b3-1-;;/t15-,16?,18+,20+;;/m1../s1. The molecule has 2 fully saturated rings. The summed E-state index contributed by atoms with van der Waals surface area (Å²) in [4.78, 5) is 21.3. The van der Waals surface area contributed by atoms with Crippen molar-refractivity contribution in [2.45, 2.75) is 55.9 Å². The molecule has 1 aromatic carbocycles. The van der Waals surface area contributed by atoms with E-state index in [1.165, 1.54) is 24.3 Å². The zero-order valence-corrected chi connectivity index (χ0v) is 22.9. The molecule has 158 valence electrons. The summed E-state index contributed by atoms with van der Waals surface area (Å²) in [5.41, 5.74) is -0.0643. The Hall–Kier alpha value is -0.190. The van der Waals surface area contributed by atoms with Crippen LogP contribution in [0.1, 0.15) is 55.3 Å². The van der Waals surface area contributed by atoms with Gasteiger partial charge in [0.1, 0.15) is 0 Å². The van der Waals surface area contributed by atoms with Crippen LogP contribution in [0.4, 0.5) is 0 Å². The Kier molecular flexibility index (Phi) is 12.0. The molecule has 0 amide bonds. The molecular weight excluding hydrogens is 440 g/mol. The first-order chi connectivity index (χ1) is 13.8. The molecule has 31 heavy (non-hydrogen) atoms. The Bertz CT molecular complexity index is 888. The van der Waals surface area contributed by atoms with Crippen LogP contribution in [0.5, 0.6) is 0 Å². The normalized spacial score (nSPS) is 24.5. The maximum Gasteiger partial charge on any atom is 1.00 e. The third-order valence-electron chi connectivity index (χ3n) is 6.11. The molecule has 4 atom stereocenters. The van der Waals surface area contributed by atoms with Crippen LogP contribution in [0.15, 0.2) is 41.3 Å². The first-order valence-electron chi connectivity index (χ1n) is 9.96. The summed E-state index contributed by atoms with van der Waals surface area (Å²) in [6, 6.07) is 4.89. The number of carbonyl (C=O) groups excluding carboxylic acids is 2. The van der Waals surface area contributed by atoms with E-state index in [2.05, 4.69) is 4.72 Å². The Morgan fingerprint density at radius 1 is 1.03 bits per heavy atom. The number of allylic oxidation sites excluding steroid dienone is 2. The first-order valence-corrected chi connectivity index (χ1v) is 11.4. The van der Waals surface area contributed by atoms with E-state index >= 15 is 0 Å². The van der Waals surface area contributed by atoms with Gasteiger partial charge in [0.05, 0.1) is 10.9 Å². The molecule has 1 aromatic rings. The van der Waals surface area contributed by atoms with Crippen molar-refractivity contribution in [2.75, 3.05) is 0 Å². The number of carboxylic acids is 2. The van der Waals surface area contributed by atoms with Crippen molar-refractivity contribution >= 4 is 22.0 Å². The first kappa shape index (κ1) is 28.8. The number of benzene rings is 1. The van der Waals surface area contributed by atoms with Gasteiger partial charge in [-0.1, -0.05) is 24.3 Å². The van der Waals surface area contributed by atoms with Gasteiger partial charge in [0.2, 0.25) is 10.0 Å². The number of unbranched alkanes of at least 4 members (excludes halogenated alkanes) is 1. The Labute approximate surface area is 227 Å². The molecular formula is C21H25NNa2O6S. The summed E-state index contributed by atoms with van der Waals surface area (Å²) in [6.07, 6.45) is 9.10. The van der Waals surface area contributed by atoms with Gasteiger partial charge in [0.15, 0.2) is 0 Å². The summed E-state index contributed by atoms with van der Waals surface area (Å²) in [6.45, 7) is 0. The van der Waals surface area contributed by atoms with E-state index < -0.39 is 22.0 Å². The van der Waals surface area contributed by atoms with E-state index in [-0.39, 0.29) is 88.0 Å².